The minimum Gasteiger partial charge on any atom is -0.489 e. The highest BCUT2D eigenvalue weighted by molar-refractivity contribution is 6.32. The molecule has 1 aromatic heterocycles. The minimum absolute atomic E-state index is 0. The predicted molar refractivity (Wildman–Crippen MR) is 166 cm³/mol. The van der Waals surface area contributed by atoms with Gasteiger partial charge in [-0.1, -0.05) is 35.3 Å². The number of halogens is 2. The van der Waals surface area contributed by atoms with Gasteiger partial charge in [0.1, 0.15) is 17.3 Å². The summed E-state index contributed by atoms with van der Waals surface area (Å²) in [4.78, 5) is 22.8. The largest absolute Gasteiger partial charge is 0.489 e. The van der Waals surface area contributed by atoms with Crippen LogP contribution in [-0.2, 0) is 11.2 Å². The Bertz CT molecular complexity index is 1350. The number of ether oxygens (including phenoxy) is 2. The molecule has 2 aliphatic heterocycles. The lowest BCUT2D eigenvalue weighted by Gasteiger charge is -2.26. The van der Waals surface area contributed by atoms with E-state index in [4.69, 9.17) is 37.7 Å². The predicted octanol–water partition coefficient (Wildman–Crippen LogP) is 5.55. The van der Waals surface area contributed by atoms with Gasteiger partial charge in [0.05, 0.1) is 17.0 Å². The summed E-state index contributed by atoms with van der Waals surface area (Å²) in [6.07, 6.45) is 6.44. The molecule has 2 atom stereocenters. The SMILES string of the molecule is O.O=C(N[C@@H](Cc1ccc(OC2CC2)c(Cl)c1)CN1CCCC1)[C@@H]1CCN(c2cccc(Oc3ccc(Cl)cc3)n2)C1. The molecular formula is C32H38Cl2N4O4. The Morgan fingerprint density at radius 1 is 1.00 bits per heavy atom. The molecule has 10 heteroatoms. The molecule has 3 aromatic rings. The van der Waals surface area contributed by atoms with Crippen molar-refractivity contribution in [2.75, 3.05) is 37.6 Å². The van der Waals surface area contributed by atoms with Crippen LogP contribution in [0.5, 0.6) is 17.4 Å². The van der Waals surface area contributed by atoms with Crippen LogP contribution in [-0.4, -0.2) is 66.1 Å². The van der Waals surface area contributed by atoms with E-state index in [1.807, 2.05) is 42.5 Å². The third-order valence-electron chi connectivity index (χ3n) is 7.95. The molecule has 1 aliphatic carbocycles. The Morgan fingerprint density at radius 2 is 1.79 bits per heavy atom. The summed E-state index contributed by atoms with van der Waals surface area (Å²) in [6, 6.07) is 19.0. The van der Waals surface area contributed by atoms with Crippen molar-refractivity contribution >= 4 is 34.9 Å². The van der Waals surface area contributed by atoms with Crippen LogP contribution in [0.25, 0.3) is 0 Å². The molecule has 224 valence electrons. The third kappa shape index (κ3) is 8.07. The molecule has 2 aromatic carbocycles. The van der Waals surface area contributed by atoms with Gasteiger partial charge in [0.15, 0.2) is 0 Å². The number of nitrogens with one attached hydrogen (secondary N) is 1. The van der Waals surface area contributed by atoms with Crippen LogP contribution in [0.2, 0.25) is 10.0 Å². The van der Waals surface area contributed by atoms with Crippen LogP contribution in [0.4, 0.5) is 5.82 Å². The van der Waals surface area contributed by atoms with Crippen LogP contribution in [0.1, 0.15) is 37.7 Å². The molecule has 3 aliphatic rings. The summed E-state index contributed by atoms with van der Waals surface area (Å²) in [5, 5.41) is 4.69. The number of likely N-dealkylation sites (tertiary alicyclic amines) is 1. The first-order valence-electron chi connectivity index (χ1n) is 14.6. The first-order valence-corrected chi connectivity index (χ1v) is 15.4. The molecule has 0 bridgehead atoms. The van der Waals surface area contributed by atoms with Crippen molar-refractivity contribution in [3.05, 3.63) is 76.3 Å². The lowest BCUT2D eigenvalue weighted by atomic mass is 10.0. The summed E-state index contributed by atoms with van der Waals surface area (Å²) >= 11 is 12.5. The van der Waals surface area contributed by atoms with Gasteiger partial charge in [-0.2, -0.15) is 4.98 Å². The topological polar surface area (TPSA) is 98.4 Å². The Kier molecular flexibility index (Phi) is 10.1. The fourth-order valence-corrected chi connectivity index (χ4v) is 5.99. The number of aromatic nitrogens is 1. The Hall–Kier alpha value is -3.04. The van der Waals surface area contributed by atoms with E-state index < -0.39 is 0 Å². The average Bonchev–Trinajstić information content (AvgIpc) is 3.40. The van der Waals surface area contributed by atoms with Gasteiger partial charge in [0.2, 0.25) is 11.8 Å². The molecular weight excluding hydrogens is 575 g/mol. The van der Waals surface area contributed by atoms with Gasteiger partial charge in [-0.05, 0) is 99.6 Å². The first kappa shape index (κ1) is 30.4. The van der Waals surface area contributed by atoms with Crippen molar-refractivity contribution in [1.82, 2.24) is 15.2 Å². The van der Waals surface area contributed by atoms with Crippen LogP contribution in [0.15, 0.2) is 60.7 Å². The summed E-state index contributed by atoms with van der Waals surface area (Å²) in [5.41, 5.74) is 1.11. The highest BCUT2D eigenvalue weighted by Gasteiger charge is 2.31. The van der Waals surface area contributed by atoms with Crippen molar-refractivity contribution in [3.8, 4) is 17.4 Å². The second kappa shape index (κ2) is 14.0. The molecule has 6 rings (SSSR count). The summed E-state index contributed by atoms with van der Waals surface area (Å²) < 4.78 is 11.8. The quantitative estimate of drug-likeness (QED) is 0.305. The van der Waals surface area contributed by atoms with Gasteiger partial charge in [0, 0.05) is 36.8 Å². The van der Waals surface area contributed by atoms with E-state index in [2.05, 4.69) is 21.2 Å². The fourth-order valence-electron chi connectivity index (χ4n) is 5.62. The van der Waals surface area contributed by atoms with Crippen molar-refractivity contribution in [2.24, 2.45) is 5.92 Å². The van der Waals surface area contributed by atoms with E-state index in [1.54, 1.807) is 12.1 Å². The second-order valence-corrected chi connectivity index (χ2v) is 12.2. The number of anilines is 1. The van der Waals surface area contributed by atoms with Crippen LogP contribution < -0.4 is 19.7 Å². The van der Waals surface area contributed by atoms with Gasteiger partial charge < -0.3 is 30.1 Å². The fraction of sp³-hybridized carbons (Fsp3) is 0.438. The van der Waals surface area contributed by atoms with Gasteiger partial charge >= 0.3 is 0 Å². The van der Waals surface area contributed by atoms with Gasteiger partial charge in [-0.25, -0.2) is 0 Å². The Morgan fingerprint density at radius 3 is 2.52 bits per heavy atom. The zero-order valence-electron chi connectivity index (χ0n) is 23.6. The number of rotatable bonds is 11. The maximum absolute atomic E-state index is 13.5. The maximum atomic E-state index is 13.5. The number of carbonyl (C=O) groups is 1. The van der Waals surface area contributed by atoms with E-state index in [9.17, 15) is 4.79 Å². The number of pyridine rings is 1. The molecule has 0 spiro atoms. The van der Waals surface area contributed by atoms with E-state index in [0.717, 1.165) is 69.0 Å². The van der Waals surface area contributed by atoms with E-state index >= 15 is 0 Å². The van der Waals surface area contributed by atoms with E-state index in [0.29, 0.717) is 34.3 Å². The van der Waals surface area contributed by atoms with Crippen molar-refractivity contribution in [3.63, 3.8) is 0 Å². The second-order valence-electron chi connectivity index (χ2n) is 11.3. The zero-order chi connectivity index (χ0) is 28.2. The molecule has 42 heavy (non-hydrogen) atoms. The summed E-state index contributed by atoms with van der Waals surface area (Å²) in [7, 11) is 0. The minimum atomic E-state index is -0.100. The van der Waals surface area contributed by atoms with E-state index in [-0.39, 0.29) is 23.3 Å². The molecule has 3 N–H and O–H groups in total. The third-order valence-corrected chi connectivity index (χ3v) is 8.50. The number of carbonyl (C=O) groups excluding carboxylic acids is 1. The average molecular weight is 614 g/mol. The summed E-state index contributed by atoms with van der Waals surface area (Å²) in [5.74, 6) is 2.74. The number of benzene rings is 2. The lowest BCUT2D eigenvalue weighted by Crippen LogP contribution is -2.46. The van der Waals surface area contributed by atoms with Crippen molar-refractivity contribution in [1.29, 1.82) is 0 Å². The highest BCUT2D eigenvalue weighted by atomic mass is 35.5. The van der Waals surface area contributed by atoms with Crippen LogP contribution in [0, 0.1) is 5.92 Å². The monoisotopic (exact) mass is 612 g/mol. The molecule has 0 unspecified atom stereocenters. The Balaban J connectivity index is 0.00000353. The molecule has 3 heterocycles. The molecule has 3 fully saturated rings. The molecule has 1 amide bonds. The maximum Gasteiger partial charge on any atom is 0.225 e. The molecule has 0 radical (unpaired) electrons. The molecule has 2 saturated heterocycles. The number of hydrogen-bond acceptors (Lipinski definition) is 6. The number of amides is 1. The number of nitrogens with zero attached hydrogens (tertiary/aromatic N) is 3. The van der Waals surface area contributed by atoms with Gasteiger partial charge in [-0.3, -0.25) is 4.79 Å². The van der Waals surface area contributed by atoms with Crippen LogP contribution in [0.3, 0.4) is 0 Å². The smallest absolute Gasteiger partial charge is 0.225 e. The van der Waals surface area contributed by atoms with Crippen molar-refractivity contribution < 1.29 is 19.7 Å². The van der Waals surface area contributed by atoms with E-state index in [1.165, 1.54) is 12.8 Å². The van der Waals surface area contributed by atoms with Crippen LogP contribution >= 0.6 is 23.2 Å². The van der Waals surface area contributed by atoms with Crippen molar-refractivity contribution in [2.45, 2.75) is 50.7 Å². The lowest BCUT2D eigenvalue weighted by molar-refractivity contribution is -0.125. The Labute approximate surface area is 257 Å². The zero-order valence-corrected chi connectivity index (χ0v) is 25.1. The van der Waals surface area contributed by atoms with Gasteiger partial charge in [0.25, 0.3) is 0 Å². The normalized spacial score (nSPS) is 19.3. The molecule has 8 nitrogen and oxygen atoms in total. The highest BCUT2D eigenvalue weighted by Crippen LogP contribution is 2.33. The standard InChI is InChI=1S/C32H36Cl2N4O3.H2O/c33-24-7-9-27(10-8-24)41-31-5-3-4-30(36-31)38-17-14-23(20-38)32(39)35-25(21-37-15-1-2-16-37)18-22-6-13-29(28(34)19-22)40-26-11-12-26;/h3-10,13,19,23,25-26H,1-2,11-12,14-18,20-21H2,(H,35,39);1H2/t23-,25+;/m1./s1. The number of hydrogen-bond donors (Lipinski definition) is 1. The molecule has 1 saturated carbocycles. The van der Waals surface area contributed by atoms with Gasteiger partial charge in [-0.15, -0.1) is 0 Å². The summed E-state index contributed by atoms with van der Waals surface area (Å²) in [6.45, 7) is 4.39. The first-order chi connectivity index (χ1) is 20.0.